The van der Waals surface area contributed by atoms with Gasteiger partial charge in [0.2, 0.25) is 0 Å². The molecule has 128 valence electrons. The molecule has 0 spiro atoms. The van der Waals surface area contributed by atoms with E-state index in [1.165, 1.54) is 0 Å². The summed E-state index contributed by atoms with van der Waals surface area (Å²) in [7, 11) is -1.83. The quantitative estimate of drug-likeness (QED) is 0.509. The van der Waals surface area contributed by atoms with Gasteiger partial charge in [0.15, 0.2) is 8.32 Å². The fourth-order valence-corrected chi connectivity index (χ4v) is 3.01. The Morgan fingerprint density at radius 1 is 1.05 bits per heavy atom. The Balaban J connectivity index is 2.29. The molecule has 0 atom stereocenters. The molecule has 1 fully saturated rings. The zero-order chi connectivity index (χ0) is 17.2. The molecule has 0 radical (unpaired) electrons. The number of hydrogen-bond donors (Lipinski definition) is 0. The molecule has 1 heterocycles. The van der Waals surface area contributed by atoms with E-state index in [2.05, 4.69) is 67.6 Å². The van der Waals surface area contributed by atoms with Gasteiger partial charge < -0.3 is 13.7 Å². The molecule has 3 nitrogen and oxygen atoms in total. The van der Waals surface area contributed by atoms with Crippen LogP contribution in [-0.2, 0) is 13.7 Å². The van der Waals surface area contributed by atoms with Crippen molar-refractivity contribution in [2.75, 3.05) is 6.61 Å². The summed E-state index contributed by atoms with van der Waals surface area (Å²) in [5.41, 5.74) is -0.513. The Morgan fingerprint density at radius 2 is 1.55 bits per heavy atom. The van der Waals surface area contributed by atoms with Gasteiger partial charge >= 0.3 is 7.12 Å². The van der Waals surface area contributed by atoms with E-state index in [1.807, 2.05) is 5.98 Å². The van der Waals surface area contributed by atoms with E-state index in [-0.39, 0.29) is 23.4 Å². The molecule has 0 amide bonds. The van der Waals surface area contributed by atoms with Gasteiger partial charge in [-0.05, 0) is 58.7 Å². The highest BCUT2D eigenvalue weighted by Gasteiger charge is 2.49. The monoisotopic (exact) mass is 326 g/mol. The summed E-state index contributed by atoms with van der Waals surface area (Å²) >= 11 is 0. The van der Waals surface area contributed by atoms with E-state index in [0.717, 1.165) is 19.4 Å². The molecule has 1 aliphatic heterocycles. The zero-order valence-electron chi connectivity index (χ0n) is 16.1. The van der Waals surface area contributed by atoms with Crippen LogP contribution in [-0.4, -0.2) is 33.2 Å². The lowest BCUT2D eigenvalue weighted by atomic mass is 9.89. The summed E-state index contributed by atoms with van der Waals surface area (Å²) < 4.78 is 18.0. The van der Waals surface area contributed by atoms with Gasteiger partial charge in [0.05, 0.1) is 11.2 Å². The highest BCUT2D eigenvalue weighted by atomic mass is 28.4. The largest absolute Gasteiger partial charge is 0.486 e. The van der Waals surface area contributed by atoms with Crippen molar-refractivity contribution in [3.05, 3.63) is 12.1 Å². The minimum atomic E-state index is -1.60. The summed E-state index contributed by atoms with van der Waals surface area (Å²) in [6.07, 6.45) is 4.19. The highest BCUT2D eigenvalue weighted by Crippen LogP contribution is 2.37. The van der Waals surface area contributed by atoms with E-state index in [9.17, 15) is 0 Å². The van der Waals surface area contributed by atoms with Gasteiger partial charge in [0.25, 0.3) is 0 Å². The summed E-state index contributed by atoms with van der Waals surface area (Å²) in [4.78, 5) is 0. The molecular weight excluding hydrogens is 291 g/mol. The first-order valence-electron chi connectivity index (χ1n) is 8.45. The van der Waals surface area contributed by atoms with Crippen LogP contribution in [0.3, 0.4) is 0 Å². The van der Waals surface area contributed by atoms with Gasteiger partial charge in [-0.25, -0.2) is 0 Å². The van der Waals surface area contributed by atoms with Crippen LogP contribution >= 0.6 is 0 Å². The van der Waals surface area contributed by atoms with Gasteiger partial charge in [-0.15, -0.1) is 0 Å². The van der Waals surface area contributed by atoms with E-state index < -0.39 is 8.32 Å². The molecule has 0 unspecified atom stereocenters. The Labute approximate surface area is 139 Å². The van der Waals surface area contributed by atoms with E-state index in [1.54, 1.807) is 0 Å². The number of hydrogen-bond acceptors (Lipinski definition) is 3. The molecule has 1 rings (SSSR count). The molecule has 1 aliphatic rings. The summed E-state index contributed by atoms with van der Waals surface area (Å²) in [6.45, 7) is 20.6. The molecular formula is C17H35BO3Si. The Kier molecular flexibility index (Phi) is 6.16. The normalized spacial score (nSPS) is 21.8. The van der Waals surface area contributed by atoms with Crippen molar-refractivity contribution in [3.63, 3.8) is 0 Å². The van der Waals surface area contributed by atoms with Crippen LogP contribution in [0.5, 0.6) is 0 Å². The standard InChI is InChI=1S/C17H35BO3Si/c1-15(2,3)22(8,9)19-14-12-10-11-13-18-20-16(4,5)17(6,7)21-18/h11,13H,10,12,14H2,1-9H3/b13-11-. The van der Waals surface area contributed by atoms with Crippen molar-refractivity contribution in [1.82, 2.24) is 0 Å². The number of unbranched alkanes of at least 4 members (excludes halogenated alkanes) is 1. The Bertz CT molecular complexity index is 381. The first-order chi connectivity index (χ1) is 9.79. The summed E-state index contributed by atoms with van der Waals surface area (Å²) in [6, 6.07) is 0. The van der Waals surface area contributed by atoms with Gasteiger partial charge in [0, 0.05) is 6.61 Å². The molecule has 5 heteroatoms. The minimum absolute atomic E-state index is 0.230. The molecule has 0 saturated carbocycles. The lowest BCUT2D eigenvalue weighted by Gasteiger charge is -2.36. The van der Waals surface area contributed by atoms with E-state index >= 15 is 0 Å². The highest BCUT2D eigenvalue weighted by molar-refractivity contribution is 6.74. The second-order valence-electron chi connectivity index (χ2n) is 8.80. The van der Waals surface area contributed by atoms with Crippen molar-refractivity contribution >= 4 is 15.4 Å². The average molecular weight is 326 g/mol. The lowest BCUT2D eigenvalue weighted by Crippen LogP contribution is -2.41. The van der Waals surface area contributed by atoms with E-state index in [0.29, 0.717) is 0 Å². The maximum absolute atomic E-state index is 6.17. The molecule has 0 N–H and O–H groups in total. The SMILES string of the molecule is CC1(C)OB(/C=C\CCCO[Si](C)(C)C(C)(C)C)OC1(C)C. The molecule has 0 aliphatic carbocycles. The first-order valence-corrected chi connectivity index (χ1v) is 11.4. The second-order valence-corrected chi connectivity index (χ2v) is 13.6. The lowest BCUT2D eigenvalue weighted by molar-refractivity contribution is 0.00578. The zero-order valence-corrected chi connectivity index (χ0v) is 17.1. The topological polar surface area (TPSA) is 27.7 Å². The second kappa shape index (κ2) is 6.80. The molecule has 0 bridgehead atoms. The van der Waals surface area contributed by atoms with Crippen LogP contribution in [0.2, 0.25) is 18.1 Å². The van der Waals surface area contributed by atoms with Crippen LogP contribution < -0.4 is 0 Å². The minimum Gasteiger partial charge on any atom is -0.417 e. The third kappa shape index (κ3) is 4.95. The number of allylic oxidation sites excluding steroid dienone is 1. The van der Waals surface area contributed by atoms with Crippen molar-refractivity contribution in [1.29, 1.82) is 0 Å². The molecule has 0 aromatic carbocycles. The van der Waals surface area contributed by atoms with Crippen molar-refractivity contribution in [3.8, 4) is 0 Å². The van der Waals surface area contributed by atoms with Crippen LogP contribution in [0.15, 0.2) is 12.1 Å². The third-order valence-electron chi connectivity index (χ3n) is 5.35. The van der Waals surface area contributed by atoms with Crippen molar-refractivity contribution < 1.29 is 13.7 Å². The van der Waals surface area contributed by atoms with Crippen LogP contribution in [0.25, 0.3) is 0 Å². The van der Waals surface area contributed by atoms with Crippen LogP contribution in [0.1, 0.15) is 61.3 Å². The number of rotatable bonds is 6. The summed E-state index contributed by atoms with van der Waals surface area (Å²) in [5.74, 6) is 2.03. The molecule has 1 saturated heterocycles. The maximum Gasteiger partial charge on any atom is 0.486 e. The first kappa shape index (κ1) is 19.9. The Hall–Kier alpha value is -0.0982. The Morgan fingerprint density at radius 3 is 2.00 bits per heavy atom. The predicted molar refractivity (Wildman–Crippen MR) is 97.6 cm³/mol. The van der Waals surface area contributed by atoms with Gasteiger partial charge in [-0.3, -0.25) is 0 Å². The maximum atomic E-state index is 6.17. The van der Waals surface area contributed by atoms with E-state index in [4.69, 9.17) is 13.7 Å². The van der Waals surface area contributed by atoms with Crippen molar-refractivity contribution in [2.45, 2.75) is 90.6 Å². The fraction of sp³-hybridized carbons (Fsp3) is 0.882. The van der Waals surface area contributed by atoms with Crippen LogP contribution in [0, 0.1) is 0 Å². The predicted octanol–water partition coefficient (Wildman–Crippen LogP) is 4.98. The molecule has 0 aromatic heterocycles. The molecule has 0 aromatic rings. The summed E-state index contributed by atoms with van der Waals surface area (Å²) in [5, 5.41) is 0.283. The van der Waals surface area contributed by atoms with Gasteiger partial charge in [-0.1, -0.05) is 32.8 Å². The van der Waals surface area contributed by atoms with Crippen LogP contribution in [0.4, 0.5) is 0 Å². The fourth-order valence-electron chi connectivity index (χ4n) is 1.92. The third-order valence-corrected chi connectivity index (χ3v) is 9.89. The smallest absolute Gasteiger partial charge is 0.417 e. The van der Waals surface area contributed by atoms with Crippen molar-refractivity contribution in [2.24, 2.45) is 0 Å². The molecule has 22 heavy (non-hydrogen) atoms. The van der Waals surface area contributed by atoms with Gasteiger partial charge in [-0.2, -0.15) is 0 Å². The van der Waals surface area contributed by atoms with Gasteiger partial charge in [0.1, 0.15) is 0 Å². The average Bonchev–Trinajstić information content (AvgIpc) is 2.50.